The molecule has 0 spiro atoms. The van der Waals surface area contributed by atoms with Gasteiger partial charge in [0, 0.05) is 5.56 Å². The Bertz CT molecular complexity index is 416. The SMILES string of the molecule is Cc1cc(Br)oc1C(=O)NC1CCCCC1O. The number of halogens is 1. The summed E-state index contributed by atoms with van der Waals surface area (Å²) in [6.07, 6.45) is 3.22. The van der Waals surface area contributed by atoms with E-state index in [0.717, 1.165) is 31.2 Å². The van der Waals surface area contributed by atoms with Crippen LogP contribution in [0.5, 0.6) is 0 Å². The van der Waals surface area contributed by atoms with Crippen LogP contribution in [0.2, 0.25) is 0 Å². The predicted octanol–water partition coefficient (Wildman–Crippen LogP) is 2.38. The van der Waals surface area contributed by atoms with Gasteiger partial charge in [-0.05, 0) is 41.8 Å². The van der Waals surface area contributed by atoms with Gasteiger partial charge in [-0.15, -0.1) is 0 Å². The molecule has 0 radical (unpaired) electrons. The molecule has 1 heterocycles. The molecule has 2 atom stereocenters. The highest BCUT2D eigenvalue weighted by molar-refractivity contribution is 9.10. The van der Waals surface area contributed by atoms with Crippen molar-refractivity contribution in [1.29, 1.82) is 0 Å². The van der Waals surface area contributed by atoms with E-state index in [1.807, 2.05) is 6.92 Å². The molecular formula is C12H16BrNO3. The van der Waals surface area contributed by atoms with Crippen molar-refractivity contribution < 1.29 is 14.3 Å². The first-order valence-electron chi connectivity index (χ1n) is 5.83. The second-order valence-corrected chi connectivity index (χ2v) is 5.28. The third-order valence-corrected chi connectivity index (χ3v) is 3.53. The molecule has 1 aromatic rings. The van der Waals surface area contributed by atoms with Crippen molar-refractivity contribution in [2.75, 3.05) is 0 Å². The van der Waals surface area contributed by atoms with Gasteiger partial charge in [-0.2, -0.15) is 0 Å². The van der Waals surface area contributed by atoms with E-state index in [1.54, 1.807) is 6.07 Å². The van der Waals surface area contributed by atoms with Crippen LogP contribution in [0.4, 0.5) is 0 Å². The van der Waals surface area contributed by atoms with Crippen LogP contribution in [0.1, 0.15) is 41.8 Å². The third-order valence-electron chi connectivity index (χ3n) is 3.14. The Morgan fingerprint density at radius 3 is 2.82 bits per heavy atom. The largest absolute Gasteiger partial charge is 0.444 e. The average molecular weight is 302 g/mol. The smallest absolute Gasteiger partial charge is 0.287 e. The standard InChI is InChI=1S/C12H16BrNO3/c1-7-6-10(13)17-11(7)12(16)14-8-4-2-3-5-9(8)15/h6,8-9,15H,2-5H2,1H3,(H,14,16). The van der Waals surface area contributed by atoms with Gasteiger partial charge in [0.15, 0.2) is 10.4 Å². The lowest BCUT2D eigenvalue weighted by Gasteiger charge is -2.28. The quantitative estimate of drug-likeness (QED) is 0.881. The van der Waals surface area contributed by atoms with E-state index < -0.39 is 6.10 Å². The maximum absolute atomic E-state index is 12.0. The van der Waals surface area contributed by atoms with Gasteiger partial charge in [-0.1, -0.05) is 12.8 Å². The van der Waals surface area contributed by atoms with Crippen LogP contribution in [-0.2, 0) is 0 Å². The van der Waals surface area contributed by atoms with Crippen molar-refractivity contribution in [2.45, 2.75) is 44.8 Å². The van der Waals surface area contributed by atoms with E-state index in [1.165, 1.54) is 0 Å². The molecule has 2 rings (SSSR count). The third kappa shape index (κ3) is 2.90. The summed E-state index contributed by atoms with van der Waals surface area (Å²) < 4.78 is 5.82. The van der Waals surface area contributed by atoms with E-state index in [4.69, 9.17) is 4.42 Å². The van der Waals surface area contributed by atoms with Crippen molar-refractivity contribution in [3.8, 4) is 0 Å². The van der Waals surface area contributed by atoms with Gasteiger partial charge in [0.1, 0.15) is 0 Å². The van der Waals surface area contributed by atoms with Crippen LogP contribution in [0.3, 0.4) is 0 Å². The number of carbonyl (C=O) groups excluding carboxylic acids is 1. The number of hydrogen-bond donors (Lipinski definition) is 2. The molecule has 0 saturated heterocycles. The highest BCUT2D eigenvalue weighted by Crippen LogP contribution is 2.22. The van der Waals surface area contributed by atoms with E-state index in [9.17, 15) is 9.90 Å². The molecule has 2 N–H and O–H groups in total. The number of hydrogen-bond acceptors (Lipinski definition) is 3. The molecule has 2 unspecified atom stereocenters. The molecule has 1 fully saturated rings. The lowest BCUT2D eigenvalue weighted by molar-refractivity contribution is 0.0696. The molecule has 4 nitrogen and oxygen atoms in total. The first kappa shape index (κ1) is 12.6. The molecule has 94 valence electrons. The van der Waals surface area contributed by atoms with Crippen molar-refractivity contribution in [3.63, 3.8) is 0 Å². The van der Waals surface area contributed by atoms with Gasteiger partial charge in [-0.25, -0.2) is 0 Å². The Labute approximate surface area is 109 Å². The minimum Gasteiger partial charge on any atom is -0.444 e. The lowest BCUT2D eigenvalue weighted by Crippen LogP contribution is -2.45. The van der Waals surface area contributed by atoms with E-state index in [2.05, 4.69) is 21.2 Å². The summed E-state index contributed by atoms with van der Waals surface area (Å²) in [5.41, 5.74) is 0.791. The summed E-state index contributed by atoms with van der Waals surface area (Å²) in [6, 6.07) is 1.60. The molecular weight excluding hydrogens is 286 g/mol. The zero-order valence-electron chi connectivity index (χ0n) is 9.70. The topological polar surface area (TPSA) is 62.5 Å². The zero-order valence-corrected chi connectivity index (χ0v) is 11.3. The van der Waals surface area contributed by atoms with Crippen LogP contribution >= 0.6 is 15.9 Å². The zero-order chi connectivity index (χ0) is 12.4. The number of amides is 1. The number of carbonyl (C=O) groups is 1. The molecule has 1 saturated carbocycles. The van der Waals surface area contributed by atoms with Crippen molar-refractivity contribution in [1.82, 2.24) is 5.32 Å². The van der Waals surface area contributed by atoms with E-state index >= 15 is 0 Å². The summed E-state index contributed by atoms with van der Waals surface area (Å²) in [5, 5.41) is 12.6. The molecule has 0 bridgehead atoms. The fourth-order valence-electron chi connectivity index (χ4n) is 2.18. The van der Waals surface area contributed by atoms with Crippen molar-refractivity contribution in [2.24, 2.45) is 0 Å². The molecule has 0 aliphatic heterocycles. The highest BCUT2D eigenvalue weighted by Gasteiger charge is 2.26. The Balaban J connectivity index is 2.03. The van der Waals surface area contributed by atoms with Gasteiger partial charge in [-0.3, -0.25) is 4.79 Å². The summed E-state index contributed by atoms with van der Waals surface area (Å²) in [4.78, 5) is 12.0. The summed E-state index contributed by atoms with van der Waals surface area (Å²) in [5.74, 6) is 0.0637. The van der Waals surface area contributed by atoms with Gasteiger partial charge >= 0.3 is 0 Å². The first-order valence-corrected chi connectivity index (χ1v) is 6.62. The second kappa shape index (κ2) is 5.23. The number of aliphatic hydroxyl groups excluding tert-OH is 1. The van der Waals surface area contributed by atoms with Crippen LogP contribution in [0, 0.1) is 6.92 Å². The van der Waals surface area contributed by atoms with Crippen LogP contribution in [-0.4, -0.2) is 23.2 Å². The molecule has 1 aliphatic carbocycles. The van der Waals surface area contributed by atoms with Gasteiger partial charge < -0.3 is 14.8 Å². The van der Waals surface area contributed by atoms with Crippen LogP contribution in [0.15, 0.2) is 15.2 Å². The summed E-state index contributed by atoms with van der Waals surface area (Å²) >= 11 is 3.19. The van der Waals surface area contributed by atoms with Crippen LogP contribution < -0.4 is 5.32 Å². The molecule has 1 amide bonds. The highest BCUT2D eigenvalue weighted by atomic mass is 79.9. The molecule has 17 heavy (non-hydrogen) atoms. The van der Waals surface area contributed by atoms with Gasteiger partial charge in [0.25, 0.3) is 5.91 Å². The van der Waals surface area contributed by atoms with Gasteiger partial charge in [0.2, 0.25) is 0 Å². The van der Waals surface area contributed by atoms with Crippen LogP contribution in [0.25, 0.3) is 0 Å². The van der Waals surface area contributed by atoms with Gasteiger partial charge in [0.05, 0.1) is 12.1 Å². The van der Waals surface area contributed by atoms with E-state index in [-0.39, 0.29) is 11.9 Å². The Morgan fingerprint density at radius 2 is 2.24 bits per heavy atom. The molecule has 1 aromatic heterocycles. The average Bonchev–Trinajstić information content (AvgIpc) is 2.61. The second-order valence-electron chi connectivity index (χ2n) is 4.49. The lowest BCUT2D eigenvalue weighted by atomic mass is 9.92. The number of nitrogens with one attached hydrogen (secondary N) is 1. The first-order chi connectivity index (χ1) is 8.08. The maximum Gasteiger partial charge on any atom is 0.287 e. The number of aliphatic hydroxyl groups is 1. The summed E-state index contributed by atoms with van der Waals surface area (Å²) in [6.45, 7) is 1.82. The molecule has 5 heteroatoms. The number of aryl methyl sites for hydroxylation is 1. The Morgan fingerprint density at radius 1 is 1.53 bits per heavy atom. The number of furan rings is 1. The fourth-order valence-corrected chi connectivity index (χ4v) is 2.69. The minimum atomic E-state index is -0.439. The maximum atomic E-state index is 12.0. The predicted molar refractivity (Wildman–Crippen MR) is 66.9 cm³/mol. The van der Waals surface area contributed by atoms with E-state index in [0.29, 0.717) is 10.4 Å². The van der Waals surface area contributed by atoms with Crippen molar-refractivity contribution in [3.05, 3.63) is 22.1 Å². The summed E-state index contributed by atoms with van der Waals surface area (Å²) in [7, 11) is 0. The fraction of sp³-hybridized carbons (Fsp3) is 0.583. The minimum absolute atomic E-state index is 0.153. The molecule has 0 aromatic carbocycles. The monoisotopic (exact) mass is 301 g/mol. The normalized spacial score (nSPS) is 24.6. The number of rotatable bonds is 2. The Hall–Kier alpha value is -0.810. The Kier molecular flexibility index (Phi) is 3.89. The van der Waals surface area contributed by atoms with Crippen molar-refractivity contribution >= 4 is 21.8 Å². The molecule has 1 aliphatic rings.